The summed E-state index contributed by atoms with van der Waals surface area (Å²) >= 11 is 0. The average Bonchev–Trinajstić information content (AvgIpc) is 2.60. The largest absolute Gasteiger partial charge is 0.497 e. The van der Waals surface area contributed by atoms with Gasteiger partial charge in [-0.2, -0.15) is 0 Å². The van der Waals surface area contributed by atoms with Crippen LogP contribution in [0.4, 0.5) is 5.69 Å². The van der Waals surface area contributed by atoms with Crippen LogP contribution in [-0.2, 0) is 4.79 Å². The predicted molar refractivity (Wildman–Crippen MR) is 91.4 cm³/mol. The summed E-state index contributed by atoms with van der Waals surface area (Å²) in [4.78, 5) is 20.4. The molecule has 1 N–H and O–H groups in total. The minimum Gasteiger partial charge on any atom is -0.497 e. The summed E-state index contributed by atoms with van der Waals surface area (Å²) in [5.41, 5.74) is 2.29. The van der Waals surface area contributed by atoms with Gasteiger partial charge in [-0.15, -0.1) is 0 Å². The second-order valence-corrected chi connectivity index (χ2v) is 5.22. The summed E-state index contributed by atoms with van der Waals surface area (Å²) in [6, 6.07) is 10.8. The zero-order chi connectivity index (χ0) is 16.9. The van der Waals surface area contributed by atoms with Crippen molar-refractivity contribution in [2.24, 2.45) is 0 Å². The maximum atomic E-state index is 12.0. The molecule has 1 amide bonds. The van der Waals surface area contributed by atoms with Crippen molar-refractivity contribution >= 4 is 22.5 Å². The highest BCUT2D eigenvalue weighted by Crippen LogP contribution is 2.29. The van der Waals surface area contributed by atoms with Gasteiger partial charge in [0, 0.05) is 35.2 Å². The number of hydrogen-bond donors (Lipinski definition) is 1. The van der Waals surface area contributed by atoms with E-state index in [1.54, 1.807) is 31.6 Å². The Morgan fingerprint density at radius 2 is 1.96 bits per heavy atom. The van der Waals surface area contributed by atoms with Crippen molar-refractivity contribution in [2.75, 3.05) is 19.0 Å². The molecular weight excluding hydrogens is 306 g/mol. The number of carbonyl (C=O) groups is 1. The van der Waals surface area contributed by atoms with E-state index >= 15 is 0 Å². The van der Waals surface area contributed by atoms with Gasteiger partial charge in [0.2, 0.25) is 0 Å². The Hall–Kier alpha value is -3.15. The first-order chi connectivity index (χ1) is 11.7. The van der Waals surface area contributed by atoms with E-state index in [9.17, 15) is 4.79 Å². The van der Waals surface area contributed by atoms with Crippen molar-refractivity contribution in [3.8, 4) is 11.5 Å². The smallest absolute Gasteiger partial charge is 0.262 e. The second-order valence-electron chi connectivity index (χ2n) is 5.22. The molecule has 0 aliphatic carbocycles. The zero-order valence-corrected chi connectivity index (χ0v) is 13.4. The minimum atomic E-state index is -0.244. The third-order valence-corrected chi connectivity index (χ3v) is 3.43. The molecule has 0 unspecified atom stereocenters. The monoisotopic (exact) mass is 323 g/mol. The number of carbonyl (C=O) groups excluding carboxylic acids is 1. The lowest BCUT2D eigenvalue weighted by Gasteiger charge is -2.11. The Morgan fingerprint density at radius 1 is 1.17 bits per heavy atom. The molecule has 2 aromatic heterocycles. The van der Waals surface area contributed by atoms with E-state index in [2.05, 4.69) is 15.3 Å². The van der Waals surface area contributed by atoms with Gasteiger partial charge in [0.05, 0.1) is 12.6 Å². The number of aryl methyl sites for hydroxylation is 1. The van der Waals surface area contributed by atoms with Crippen molar-refractivity contribution in [2.45, 2.75) is 6.92 Å². The number of nitrogens with zero attached hydrogens (tertiary/aromatic N) is 2. The van der Waals surface area contributed by atoms with Crippen LogP contribution in [0.15, 0.2) is 48.8 Å². The number of hydrogen-bond acceptors (Lipinski definition) is 5. The fourth-order valence-corrected chi connectivity index (χ4v) is 2.32. The van der Waals surface area contributed by atoms with Crippen LogP contribution < -0.4 is 14.8 Å². The summed E-state index contributed by atoms with van der Waals surface area (Å²) in [6.45, 7) is 1.78. The molecule has 6 nitrogen and oxygen atoms in total. The van der Waals surface area contributed by atoms with Crippen molar-refractivity contribution in [3.05, 3.63) is 54.5 Å². The maximum Gasteiger partial charge on any atom is 0.262 e. The highest BCUT2D eigenvalue weighted by molar-refractivity contribution is 5.92. The molecule has 1 aromatic carbocycles. The molecule has 0 bridgehead atoms. The molecule has 0 saturated heterocycles. The van der Waals surface area contributed by atoms with Gasteiger partial charge in [-0.25, -0.2) is 0 Å². The normalized spacial score (nSPS) is 10.4. The number of nitrogens with one attached hydrogen (secondary N) is 1. The van der Waals surface area contributed by atoms with Gasteiger partial charge in [0.1, 0.15) is 11.5 Å². The number of benzene rings is 1. The quantitative estimate of drug-likeness (QED) is 0.781. The first kappa shape index (κ1) is 15.7. The number of fused-ring (bicyclic) bond motifs is 1. The van der Waals surface area contributed by atoms with Crippen LogP contribution >= 0.6 is 0 Å². The molecule has 0 spiro atoms. The van der Waals surface area contributed by atoms with Crippen LogP contribution in [0.25, 0.3) is 10.9 Å². The van der Waals surface area contributed by atoms with Gasteiger partial charge in [0.15, 0.2) is 6.61 Å². The highest BCUT2D eigenvalue weighted by Gasteiger charge is 2.09. The van der Waals surface area contributed by atoms with E-state index < -0.39 is 0 Å². The first-order valence-electron chi connectivity index (χ1n) is 7.44. The van der Waals surface area contributed by atoms with Crippen molar-refractivity contribution in [1.82, 2.24) is 9.97 Å². The number of ether oxygens (including phenoxy) is 2. The van der Waals surface area contributed by atoms with Crippen LogP contribution in [0, 0.1) is 6.92 Å². The lowest BCUT2D eigenvalue weighted by atomic mass is 10.1. The molecule has 6 heteroatoms. The predicted octanol–water partition coefficient (Wildman–Crippen LogP) is 2.96. The fraction of sp³-hybridized carbons (Fsp3) is 0.167. The molecule has 0 saturated carbocycles. The SMILES string of the molecule is COc1ccc2nc(C)cc(OCC(=O)Nc3ccncc3)c2c1. The van der Waals surface area contributed by atoms with E-state index in [0.29, 0.717) is 17.2 Å². The molecule has 0 aliphatic heterocycles. The number of anilines is 1. The van der Waals surface area contributed by atoms with Gasteiger partial charge in [-0.05, 0) is 37.3 Å². The zero-order valence-electron chi connectivity index (χ0n) is 13.4. The van der Waals surface area contributed by atoms with E-state index in [0.717, 1.165) is 16.6 Å². The average molecular weight is 323 g/mol. The summed E-state index contributed by atoms with van der Waals surface area (Å²) in [5, 5.41) is 3.56. The summed E-state index contributed by atoms with van der Waals surface area (Å²) in [5.74, 6) is 1.06. The molecule has 122 valence electrons. The van der Waals surface area contributed by atoms with E-state index in [1.807, 2.05) is 31.2 Å². The third kappa shape index (κ3) is 3.60. The first-order valence-corrected chi connectivity index (χ1v) is 7.44. The number of rotatable bonds is 5. The molecule has 2 heterocycles. The Labute approximate surface area is 139 Å². The standard InChI is InChI=1S/C18H17N3O3/c1-12-9-17(15-10-14(23-2)3-4-16(15)20-12)24-11-18(22)21-13-5-7-19-8-6-13/h3-10H,11H2,1-2H3,(H,19,21,22). The van der Waals surface area contributed by atoms with E-state index in [-0.39, 0.29) is 12.5 Å². The minimum absolute atomic E-state index is 0.0991. The highest BCUT2D eigenvalue weighted by atomic mass is 16.5. The van der Waals surface area contributed by atoms with Crippen LogP contribution in [0.3, 0.4) is 0 Å². The Kier molecular flexibility index (Phi) is 4.56. The number of amides is 1. The van der Waals surface area contributed by atoms with Gasteiger partial charge < -0.3 is 14.8 Å². The van der Waals surface area contributed by atoms with Gasteiger partial charge >= 0.3 is 0 Å². The fourth-order valence-electron chi connectivity index (χ4n) is 2.32. The van der Waals surface area contributed by atoms with Gasteiger partial charge in [-0.1, -0.05) is 0 Å². The van der Waals surface area contributed by atoms with Crippen LogP contribution in [0.5, 0.6) is 11.5 Å². The van der Waals surface area contributed by atoms with Crippen molar-refractivity contribution in [3.63, 3.8) is 0 Å². The molecule has 24 heavy (non-hydrogen) atoms. The van der Waals surface area contributed by atoms with Crippen LogP contribution in [0.2, 0.25) is 0 Å². The summed E-state index contributed by atoms with van der Waals surface area (Å²) in [6.07, 6.45) is 3.23. The molecule has 0 fully saturated rings. The summed E-state index contributed by atoms with van der Waals surface area (Å²) in [7, 11) is 1.60. The molecule has 3 rings (SSSR count). The summed E-state index contributed by atoms with van der Waals surface area (Å²) < 4.78 is 11.0. The molecular formula is C18H17N3O3. The molecule has 3 aromatic rings. The van der Waals surface area contributed by atoms with Gasteiger partial charge in [0.25, 0.3) is 5.91 Å². The van der Waals surface area contributed by atoms with Crippen molar-refractivity contribution in [1.29, 1.82) is 0 Å². The third-order valence-electron chi connectivity index (χ3n) is 3.43. The van der Waals surface area contributed by atoms with Crippen molar-refractivity contribution < 1.29 is 14.3 Å². The van der Waals surface area contributed by atoms with Crippen LogP contribution in [0.1, 0.15) is 5.69 Å². The topological polar surface area (TPSA) is 73.3 Å². The number of pyridine rings is 2. The Balaban J connectivity index is 1.78. The van der Waals surface area contributed by atoms with E-state index in [4.69, 9.17) is 9.47 Å². The molecule has 0 radical (unpaired) electrons. The van der Waals surface area contributed by atoms with E-state index in [1.165, 1.54) is 0 Å². The Morgan fingerprint density at radius 3 is 2.71 bits per heavy atom. The number of methoxy groups -OCH3 is 1. The Bertz CT molecular complexity index is 866. The van der Waals surface area contributed by atoms with Gasteiger partial charge in [-0.3, -0.25) is 14.8 Å². The molecule has 0 atom stereocenters. The second kappa shape index (κ2) is 6.95. The van der Waals surface area contributed by atoms with Crippen LogP contribution in [-0.4, -0.2) is 29.6 Å². The molecule has 0 aliphatic rings. The maximum absolute atomic E-state index is 12.0. The lowest BCUT2D eigenvalue weighted by molar-refractivity contribution is -0.118. The lowest BCUT2D eigenvalue weighted by Crippen LogP contribution is -2.20. The number of aromatic nitrogens is 2.